The molecule has 0 aliphatic rings. The summed E-state index contributed by atoms with van der Waals surface area (Å²) in [6, 6.07) is 0. The number of halogens is 1. The highest BCUT2D eigenvalue weighted by molar-refractivity contribution is 9.10. The maximum Gasteiger partial charge on any atom is 0.168 e. The molecule has 10 heavy (non-hydrogen) atoms. The molecule has 0 amide bonds. The van der Waals surface area contributed by atoms with Gasteiger partial charge in [0.25, 0.3) is 0 Å². The summed E-state index contributed by atoms with van der Waals surface area (Å²) in [5.74, 6) is 1.07. The van der Waals surface area contributed by atoms with E-state index in [9.17, 15) is 0 Å². The first-order chi connectivity index (χ1) is 4.74. The van der Waals surface area contributed by atoms with Crippen LogP contribution in [0.4, 0.5) is 0 Å². The van der Waals surface area contributed by atoms with E-state index in [1.165, 1.54) is 0 Å². The smallest absolute Gasteiger partial charge is 0.168 e. The minimum absolute atomic E-state index is 0.908. The maximum absolute atomic E-state index is 4.24. The van der Waals surface area contributed by atoms with Crippen LogP contribution in [0, 0.1) is 0 Å². The Morgan fingerprint density at radius 3 is 2.90 bits per heavy atom. The lowest BCUT2D eigenvalue weighted by Gasteiger charge is -1.95. The fourth-order valence-corrected chi connectivity index (χ4v) is 1.95. The first-order valence-corrected chi connectivity index (χ1v) is 4.83. The first-order valence-electron chi connectivity index (χ1n) is 3.05. The van der Waals surface area contributed by atoms with Crippen molar-refractivity contribution in [2.45, 2.75) is 12.1 Å². The lowest BCUT2D eigenvalue weighted by Crippen LogP contribution is -1.87. The van der Waals surface area contributed by atoms with E-state index >= 15 is 0 Å². The summed E-state index contributed by atoms with van der Waals surface area (Å²) < 4.78 is 2.92. The van der Waals surface area contributed by atoms with Crippen molar-refractivity contribution < 1.29 is 0 Å². The van der Waals surface area contributed by atoms with Crippen LogP contribution in [-0.4, -0.2) is 15.3 Å². The van der Waals surface area contributed by atoms with Gasteiger partial charge in [-0.1, -0.05) is 18.7 Å². The molecule has 0 N–H and O–H groups in total. The van der Waals surface area contributed by atoms with Crippen molar-refractivity contribution in [1.82, 2.24) is 9.55 Å². The molecule has 1 aromatic heterocycles. The van der Waals surface area contributed by atoms with Crippen molar-refractivity contribution in [1.29, 1.82) is 0 Å². The zero-order valence-electron chi connectivity index (χ0n) is 5.97. The van der Waals surface area contributed by atoms with Crippen LogP contribution in [0.3, 0.4) is 0 Å². The summed E-state index contributed by atoms with van der Waals surface area (Å²) in [6.07, 6.45) is 1.96. The van der Waals surface area contributed by atoms with E-state index in [2.05, 4.69) is 27.8 Å². The van der Waals surface area contributed by atoms with E-state index in [-0.39, 0.29) is 0 Å². The second-order valence-electron chi connectivity index (χ2n) is 1.89. The van der Waals surface area contributed by atoms with Gasteiger partial charge in [-0.25, -0.2) is 4.98 Å². The van der Waals surface area contributed by atoms with Crippen molar-refractivity contribution >= 4 is 27.7 Å². The molecule has 0 spiro atoms. The number of nitrogens with zero attached hydrogens (tertiary/aromatic N) is 2. The van der Waals surface area contributed by atoms with Gasteiger partial charge in [-0.15, -0.1) is 0 Å². The molecule has 0 saturated heterocycles. The third-order valence-electron chi connectivity index (χ3n) is 1.08. The molecule has 0 atom stereocenters. The molecule has 1 rings (SSSR count). The average Bonchev–Trinajstić information content (AvgIpc) is 2.13. The Bertz CT molecular complexity index is 222. The molecular weight excluding hydrogens is 212 g/mol. The Morgan fingerprint density at radius 2 is 2.50 bits per heavy atom. The second kappa shape index (κ2) is 3.44. The van der Waals surface area contributed by atoms with E-state index in [1.807, 2.05) is 17.8 Å². The van der Waals surface area contributed by atoms with Gasteiger partial charge in [-0.05, 0) is 21.7 Å². The lowest BCUT2D eigenvalue weighted by molar-refractivity contribution is 0.790. The molecule has 4 heteroatoms. The van der Waals surface area contributed by atoms with Crippen LogP contribution in [0.1, 0.15) is 6.92 Å². The van der Waals surface area contributed by atoms with Gasteiger partial charge in [0.05, 0.1) is 0 Å². The Labute approximate surface area is 73.2 Å². The number of hydrogen-bond donors (Lipinski definition) is 0. The van der Waals surface area contributed by atoms with Crippen LogP contribution < -0.4 is 0 Å². The highest BCUT2D eigenvalue weighted by Gasteiger charge is 2.00. The van der Waals surface area contributed by atoms with Gasteiger partial charge >= 0.3 is 0 Å². The lowest BCUT2D eigenvalue weighted by atomic mass is 10.9. The number of hydrogen-bond acceptors (Lipinski definition) is 2. The summed E-state index contributed by atoms with van der Waals surface area (Å²) in [7, 11) is 2.00. The number of thioether (sulfide) groups is 1. The molecule has 56 valence electrons. The Balaban J connectivity index is 2.81. The van der Waals surface area contributed by atoms with Crippen molar-refractivity contribution in [2.75, 3.05) is 5.75 Å². The van der Waals surface area contributed by atoms with E-state index in [0.717, 1.165) is 15.5 Å². The van der Waals surface area contributed by atoms with E-state index < -0.39 is 0 Å². The molecule has 1 aromatic rings. The third kappa shape index (κ3) is 1.76. The third-order valence-corrected chi connectivity index (χ3v) is 2.39. The molecule has 0 radical (unpaired) electrons. The summed E-state index contributed by atoms with van der Waals surface area (Å²) in [6.45, 7) is 2.12. The maximum atomic E-state index is 4.24. The van der Waals surface area contributed by atoms with Gasteiger partial charge in [0.15, 0.2) is 5.16 Å². The van der Waals surface area contributed by atoms with E-state index in [0.29, 0.717) is 0 Å². The van der Waals surface area contributed by atoms with Crippen molar-refractivity contribution in [3.8, 4) is 0 Å². The molecule has 0 saturated carbocycles. The topological polar surface area (TPSA) is 17.8 Å². The standard InChI is InChI=1S/C6H9BrN2S/c1-3-10-6-8-5(7)4-9(6)2/h4H,3H2,1-2H3. The molecule has 1 heterocycles. The van der Waals surface area contributed by atoms with Crippen LogP contribution in [0.25, 0.3) is 0 Å². The monoisotopic (exact) mass is 220 g/mol. The van der Waals surface area contributed by atoms with Crippen molar-refractivity contribution in [2.24, 2.45) is 7.05 Å². The van der Waals surface area contributed by atoms with Gasteiger partial charge in [0.1, 0.15) is 4.60 Å². The molecule has 0 aliphatic heterocycles. The van der Waals surface area contributed by atoms with Crippen LogP contribution >= 0.6 is 27.7 Å². The van der Waals surface area contributed by atoms with Crippen LogP contribution in [0.5, 0.6) is 0 Å². The van der Waals surface area contributed by atoms with Gasteiger partial charge in [0.2, 0.25) is 0 Å². The summed E-state index contributed by atoms with van der Waals surface area (Å²) >= 11 is 5.05. The number of aromatic nitrogens is 2. The minimum atomic E-state index is 0.908. The fraction of sp³-hybridized carbons (Fsp3) is 0.500. The molecule has 0 aromatic carbocycles. The molecule has 2 nitrogen and oxygen atoms in total. The quantitative estimate of drug-likeness (QED) is 0.713. The first kappa shape index (κ1) is 8.14. The van der Waals surface area contributed by atoms with E-state index in [4.69, 9.17) is 0 Å². The van der Waals surface area contributed by atoms with Crippen LogP contribution in [0.2, 0.25) is 0 Å². The summed E-state index contributed by atoms with van der Waals surface area (Å²) in [4.78, 5) is 4.24. The molecule has 0 unspecified atom stereocenters. The minimum Gasteiger partial charge on any atom is -0.328 e. The van der Waals surface area contributed by atoms with Gasteiger partial charge in [0, 0.05) is 13.2 Å². The van der Waals surface area contributed by atoms with Crippen molar-refractivity contribution in [3.63, 3.8) is 0 Å². The van der Waals surface area contributed by atoms with Crippen LogP contribution in [-0.2, 0) is 7.05 Å². The van der Waals surface area contributed by atoms with Gasteiger partial charge in [-0.3, -0.25) is 0 Å². The van der Waals surface area contributed by atoms with Gasteiger partial charge < -0.3 is 4.57 Å². The number of imidazole rings is 1. The van der Waals surface area contributed by atoms with Crippen molar-refractivity contribution in [3.05, 3.63) is 10.8 Å². The molecule has 0 aliphatic carbocycles. The molecular formula is C6H9BrN2S. The van der Waals surface area contributed by atoms with Crippen LogP contribution in [0.15, 0.2) is 16.0 Å². The predicted octanol–water partition coefficient (Wildman–Crippen LogP) is 2.29. The zero-order chi connectivity index (χ0) is 7.56. The Morgan fingerprint density at radius 1 is 1.80 bits per heavy atom. The fourth-order valence-electron chi connectivity index (χ4n) is 0.677. The highest BCUT2D eigenvalue weighted by atomic mass is 79.9. The largest absolute Gasteiger partial charge is 0.328 e. The van der Waals surface area contributed by atoms with E-state index in [1.54, 1.807) is 11.8 Å². The second-order valence-corrected chi connectivity index (χ2v) is 3.93. The highest BCUT2D eigenvalue weighted by Crippen LogP contribution is 2.18. The van der Waals surface area contributed by atoms with Gasteiger partial charge in [-0.2, -0.15) is 0 Å². The Hall–Kier alpha value is 0.0400. The number of aryl methyl sites for hydroxylation is 1. The number of rotatable bonds is 2. The summed E-state index contributed by atoms with van der Waals surface area (Å²) in [5.41, 5.74) is 0. The molecule has 0 fully saturated rings. The predicted molar refractivity (Wildman–Crippen MR) is 47.3 cm³/mol. The Kier molecular flexibility index (Phi) is 2.80. The average molecular weight is 221 g/mol. The summed E-state index contributed by atoms with van der Waals surface area (Å²) in [5, 5.41) is 1.06. The zero-order valence-corrected chi connectivity index (χ0v) is 8.37. The molecule has 0 bridgehead atoms. The normalized spacial score (nSPS) is 10.3. The SMILES string of the molecule is CCSc1nc(Br)cn1C.